The Bertz CT molecular complexity index is 845. The molecule has 7 heteroatoms. The molecular weight excluding hydrogens is 371 g/mol. The van der Waals surface area contributed by atoms with Gasteiger partial charge in [-0.05, 0) is 67.1 Å². The standard InChI is InChI=1S/C21H24F3NO3/c1-12(2)15-9-14(27-20(23)24)10-16(13-6-7-25-18(22)8-13)17(15)11-19(26)28-21(3,4)5/h6-10,12,20H,11H2,1-5H3. The minimum Gasteiger partial charge on any atom is -0.460 e. The zero-order valence-electron chi connectivity index (χ0n) is 16.6. The van der Waals surface area contributed by atoms with Crippen LogP contribution in [0.5, 0.6) is 5.75 Å². The summed E-state index contributed by atoms with van der Waals surface area (Å²) in [5.74, 6) is -1.33. The Hall–Kier alpha value is -2.57. The Balaban J connectivity index is 2.63. The molecule has 0 N–H and O–H groups in total. The van der Waals surface area contributed by atoms with E-state index < -0.39 is 24.1 Å². The molecule has 0 radical (unpaired) electrons. The quantitative estimate of drug-likeness (QED) is 0.479. The van der Waals surface area contributed by atoms with Crippen LogP contribution in [0.4, 0.5) is 13.2 Å². The van der Waals surface area contributed by atoms with Crippen LogP contribution in [0.25, 0.3) is 11.1 Å². The fourth-order valence-electron chi connectivity index (χ4n) is 2.90. The number of alkyl halides is 2. The number of carbonyl (C=O) groups is 1. The normalized spacial score (nSPS) is 11.8. The van der Waals surface area contributed by atoms with E-state index in [2.05, 4.69) is 9.72 Å². The van der Waals surface area contributed by atoms with Crippen LogP contribution in [-0.2, 0) is 16.0 Å². The van der Waals surface area contributed by atoms with Crippen molar-refractivity contribution in [2.24, 2.45) is 0 Å². The molecule has 2 rings (SSSR count). The first-order valence-electron chi connectivity index (χ1n) is 8.91. The van der Waals surface area contributed by atoms with Crippen LogP contribution in [0.15, 0.2) is 30.5 Å². The molecule has 0 fully saturated rings. The highest BCUT2D eigenvalue weighted by atomic mass is 19.3. The number of halogens is 3. The number of rotatable bonds is 6. The van der Waals surface area contributed by atoms with Crippen LogP contribution < -0.4 is 4.74 Å². The SMILES string of the molecule is CC(C)c1cc(OC(F)F)cc(-c2ccnc(F)c2)c1CC(=O)OC(C)(C)C. The maximum Gasteiger partial charge on any atom is 0.387 e. The molecule has 0 unspecified atom stereocenters. The van der Waals surface area contributed by atoms with Gasteiger partial charge in [-0.15, -0.1) is 0 Å². The number of ether oxygens (including phenoxy) is 2. The molecule has 0 saturated carbocycles. The van der Waals surface area contributed by atoms with E-state index in [0.29, 0.717) is 22.3 Å². The number of nitrogens with zero attached hydrogens (tertiary/aromatic N) is 1. The second-order valence-electron chi connectivity index (χ2n) is 7.70. The predicted octanol–water partition coefficient (Wildman–Crippen LogP) is 5.50. The molecule has 1 aromatic carbocycles. The third-order valence-corrected chi connectivity index (χ3v) is 3.88. The highest BCUT2D eigenvalue weighted by Gasteiger charge is 2.23. The monoisotopic (exact) mass is 395 g/mol. The van der Waals surface area contributed by atoms with Crippen molar-refractivity contribution in [3.63, 3.8) is 0 Å². The van der Waals surface area contributed by atoms with E-state index in [0.717, 1.165) is 0 Å². The lowest BCUT2D eigenvalue weighted by Crippen LogP contribution is -2.25. The Morgan fingerprint density at radius 2 is 1.86 bits per heavy atom. The second-order valence-corrected chi connectivity index (χ2v) is 7.70. The van der Waals surface area contributed by atoms with E-state index in [1.807, 2.05) is 13.8 Å². The third-order valence-electron chi connectivity index (χ3n) is 3.88. The van der Waals surface area contributed by atoms with Crippen LogP contribution >= 0.6 is 0 Å². The molecular formula is C21H24F3NO3. The molecule has 0 saturated heterocycles. The van der Waals surface area contributed by atoms with E-state index in [9.17, 15) is 18.0 Å². The van der Waals surface area contributed by atoms with Crippen LogP contribution in [0.3, 0.4) is 0 Å². The number of benzene rings is 1. The summed E-state index contributed by atoms with van der Waals surface area (Å²) in [4.78, 5) is 16.0. The minimum absolute atomic E-state index is 0.0566. The zero-order valence-corrected chi connectivity index (χ0v) is 16.6. The largest absolute Gasteiger partial charge is 0.460 e. The number of carbonyl (C=O) groups excluding carboxylic acids is 1. The van der Waals surface area contributed by atoms with Crippen LogP contribution in [0, 0.1) is 5.95 Å². The third kappa shape index (κ3) is 5.97. The average Bonchev–Trinajstić information content (AvgIpc) is 2.53. The molecule has 2 aromatic rings. The Morgan fingerprint density at radius 3 is 2.39 bits per heavy atom. The van der Waals surface area contributed by atoms with Gasteiger partial charge in [-0.1, -0.05) is 13.8 Å². The summed E-state index contributed by atoms with van der Waals surface area (Å²) in [5.41, 5.74) is 1.39. The van der Waals surface area contributed by atoms with Gasteiger partial charge in [0.15, 0.2) is 0 Å². The smallest absolute Gasteiger partial charge is 0.387 e. The number of hydrogen-bond donors (Lipinski definition) is 0. The number of esters is 1. The molecule has 28 heavy (non-hydrogen) atoms. The summed E-state index contributed by atoms with van der Waals surface area (Å²) in [7, 11) is 0. The van der Waals surface area contributed by atoms with Crippen molar-refractivity contribution in [3.05, 3.63) is 47.5 Å². The highest BCUT2D eigenvalue weighted by Crippen LogP contribution is 2.36. The average molecular weight is 395 g/mol. The van der Waals surface area contributed by atoms with Crippen molar-refractivity contribution in [3.8, 4) is 16.9 Å². The Labute approximate surface area is 162 Å². The van der Waals surface area contributed by atoms with Gasteiger partial charge >= 0.3 is 12.6 Å². The Morgan fingerprint density at radius 1 is 1.18 bits per heavy atom. The molecule has 1 aromatic heterocycles. The van der Waals surface area contributed by atoms with E-state index in [-0.39, 0.29) is 18.1 Å². The predicted molar refractivity (Wildman–Crippen MR) is 99.9 cm³/mol. The van der Waals surface area contributed by atoms with Gasteiger partial charge in [0.2, 0.25) is 5.95 Å². The summed E-state index contributed by atoms with van der Waals surface area (Å²) in [6.07, 6.45) is 1.19. The summed E-state index contributed by atoms with van der Waals surface area (Å²) in [6.45, 7) is 6.01. The Kier molecular flexibility index (Phi) is 6.69. The van der Waals surface area contributed by atoms with Gasteiger partial charge in [0.05, 0.1) is 6.42 Å². The van der Waals surface area contributed by atoms with E-state index in [1.165, 1.54) is 24.4 Å². The lowest BCUT2D eigenvalue weighted by Gasteiger charge is -2.23. The lowest BCUT2D eigenvalue weighted by molar-refractivity contribution is -0.153. The van der Waals surface area contributed by atoms with Gasteiger partial charge in [-0.25, -0.2) is 4.98 Å². The first kappa shape index (κ1) is 21.7. The fourth-order valence-corrected chi connectivity index (χ4v) is 2.90. The molecule has 152 valence electrons. The minimum atomic E-state index is -3.00. The molecule has 0 aliphatic heterocycles. The number of aromatic nitrogens is 1. The van der Waals surface area contributed by atoms with Gasteiger partial charge in [0, 0.05) is 12.3 Å². The van der Waals surface area contributed by atoms with E-state index in [4.69, 9.17) is 4.74 Å². The maximum atomic E-state index is 13.7. The highest BCUT2D eigenvalue weighted by molar-refractivity contribution is 5.80. The van der Waals surface area contributed by atoms with Crippen LogP contribution in [0.1, 0.15) is 51.7 Å². The summed E-state index contributed by atoms with van der Waals surface area (Å²) in [6, 6.07) is 5.60. The van der Waals surface area contributed by atoms with Crippen molar-refractivity contribution in [2.45, 2.75) is 59.2 Å². The topological polar surface area (TPSA) is 48.4 Å². The number of hydrogen-bond acceptors (Lipinski definition) is 4. The van der Waals surface area contributed by atoms with Gasteiger partial charge < -0.3 is 9.47 Å². The molecule has 1 heterocycles. The van der Waals surface area contributed by atoms with Crippen molar-refractivity contribution < 1.29 is 27.4 Å². The molecule has 0 aliphatic rings. The molecule has 0 amide bonds. The molecule has 4 nitrogen and oxygen atoms in total. The summed E-state index contributed by atoms with van der Waals surface area (Å²) < 4.78 is 49.2. The fraction of sp³-hybridized carbons (Fsp3) is 0.429. The first-order valence-corrected chi connectivity index (χ1v) is 8.91. The van der Waals surface area contributed by atoms with E-state index >= 15 is 0 Å². The molecule has 0 spiro atoms. The summed E-state index contributed by atoms with van der Waals surface area (Å²) >= 11 is 0. The van der Waals surface area contributed by atoms with Gasteiger partial charge in [-0.2, -0.15) is 13.2 Å². The first-order chi connectivity index (χ1) is 13.0. The van der Waals surface area contributed by atoms with Crippen molar-refractivity contribution >= 4 is 5.97 Å². The van der Waals surface area contributed by atoms with Crippen molar-refractivity contribution in [2.75, 3.05) is 0 Å². The maximum absolute atomic E-state index is 13.7. The van der Waals surface area contributed by atoms with Crippen LogP contribution in [0.2, 0.25) is 0 Å². The van der Waals surface area contributed by atoms with Gasteiger partial charge in [0.25, 0.3) is 0 Å². The van der Waals surface area contributed by atoms with Gasteiger partial charge in [-0.3, -0.25) is 4.79 Å². The second kappa shape index (κ2) is 8.63. The molecule has 0 bridgehead atoms. The van der Waals surface area contributed by atoms with E-state index in [1.54, 1.807) is 26.8 Å². The molecule has 0 aliphatic carbocycles. The summed E-state index contributed by atoms with van der Waals surface area (Å²) in [5, 5.41) is 0. The van der Waals surface area contributed by atoms with Crippen LogP contribution in [-0.4, -0.2) is 23.2 Å². The van der Waals surface area contributed by atoms with Crippen molar-refractivity contribution in [1.29, 1.82) is 0 Å². The number of pyridine rings is 1. The molecule has 0 atom stereocenters. The van der Waals surface area contributed by atoms with Crippen molar-refractivity contribution in [1.82, 2.24) is 4.98 Å². The zero-order chi connectivity index (χ0) is 21.1. The lowest BCUT2D eigenvalue weighted by atomic mass is 9.88. The van der Waals surface area contributed by atoms with Gasteiger partial charge in [0.1, 0.15) is 11.4 Å².